The van der Waals surface area contributed by atoms with Crippen molar-refractivity contribution in [3.8, 4) is 0 Å². The Hall–Kier alpha value is -2.60. The van der Waals surface area contributed by atoms with Crippen LogP contribution in [-0.2, 0) is 11.8 Å². The van der Waals surface area contributed by atoms with Crippen LogP contribution in [0, 0.1) is 0 Å². The van der Waals surface area contributed by atoms with Crippen molar-refractivity contribution in [1.29, 1.82) is 0 Å². The lowest BCUT2D eigenvalue weighted by Gasteiger charge is -2.14. The maximum atomic E-state index is 12.4. The maximum absolute atomic E-state index is 12.4. The molecule has 126 valence electrons. The van der Waals surface area contributed by atoms with Crippen LogP contribution >= 0.6 is 11.6 Å². The Labute approximate surface area is 146 Å². The van der Waals surface area contributed by atoms with Crippen LogP contribution in [0.25, 0.3) is 12.2 Å². The zero-order valence-electron chi connectivity index (χ0n) is 14.0. The first kappa shape index (κ1) is 17.7. The molecule has 0 N–H and O–H groups in total. The van der Waals surface area contributed by atoms with E-state index in [2.05, 4.69) is 4.98 Å². The summed E-state index contributed by atoms with van der Waals surface area (Å²) < 4.78 is 1.67. The summed E-state index contributed by atoms with van der Waals surface area (Å²) in [5, 5.41) is 0.648. The highest BCUT2D eigenvalue weighted by atomic mass is 35.5. The minimum absolute atomic E-state index is 0.348. The van der Waals surface area contributed by atoms with Gasteiger partial charge in [0.1, 0.15) is 5.82 Å². The third-order valence-electron chi connectivity index (χ3n) is 3.49. The summed E-state index contributed by atoms with van der Waals surface area (Å²) in [6.07, 6.45) is 4.15. The van der Waals surface area contributed by atoms with Crippen molar-refractivity contribution >= 4 is 41.9 Å². The van der Waals surface area contributed by atoms with Crippen molar-refractivity contribution < 1.29 is 9.59 Å². The minimum Gasteiger partial charge on any atom is -0.361 e. The first-order valence-corrected chi connectivity index (χ1v) is 7.63. The first-order valence-electron chi connectivity index (χ1n) is 7.25. The second-order valence-corrected chi connectivity index (χ2v) is 5.94. The second-order valence-electron chi connectivity index (χ2n) is 5.51. The number of halogens is 1. The van der Waals surface area contributed by atoms with E-state index >= 15 is 0 Å². The number of hydrogen-bond donors (Lipinski definition) is 0. The van der Waals surface area contributed by atoms with Gasteiger partial charge in [0, 0.05) is 33.2 Å². The third-order valence-corrected chi connectivity index (χ3v) is 3.72. The van der Waals surface area contributed by atoms with Gasteiger partial charge >= 0.3 is 0 Å². The molecule has 0 radical (unpaired) electrons. The predicted octanol–water partition coefficient (Wildman–Crippen LogP) is 2.54. The Morgan fingerprint density at radius 2 is 1.96 bits per heavy atom. The van der Waals surface area contributed by atoms with E-state index in [0.29, 0.717) is 28.8 Å². The Bertz CT molecular complexity index is 796. The van der Waals surface area contributed by atoms with Gasteiger partial charge in [-0.15, -0.1) is 0 Å². The van der Waals surface area contributed by atoms with E-state index in [1.54, 1.807) is 42.8 Å². The number of imidazole rings is 1. The molecule has 6 nitrogen and oxygen atoms in total. The molecule has 1 heterocycles. The van der Waals surface area contributed by atoms with Gasteiger partial charge in [0.05, 0.1) is 0 Å². The van der Waals surface area contributed by atoms with Crippen LogP contribution in [-0.4, -0.2) is 47.9 Å². The number of imide groups is 1. The highest BCUT2D eigenvalue weighted by Gasteiger charge is 2.24. The molecule has 1 aromatic carbocycles. The zero-order valence-corrected chi connectivity index (χ0v) is 14.8. The quantitative estimate of drug-likeness (QED) is 0.781. The molecule has 2 aromatic rings. The van der Waals surface area contributed by atoms with E-state index < -0.39 is 5.91 Å². The van der Waals surface area contributed by atoms with E-state index in [0.717, 1.165) is 10.5 Å². The van der Waals surface area contributed by atoms with Crippen molar-refractivity contribution in [2.24, 2.45) is 7.05 Å². The number of rotatable bonds is 5. The van der Waals surface area contributed by atoms with Gasteiger partial charge < -0.3 is 9.47 Å². The molecule has 7 heteroatoms. The molecule has 0 spiro atoms. The highest BCUT2D eigenvalue weighted by Crippen LogP contribution is 2.22. The second kappa shape index (κ2) is 7.31. The van der Waals surface area contributed by atoms with Crippen molar-refractivity contribution in [2.45, 2.75) is 0 Å². The number of anilines is 1. The number of carbonyl (C=O) groups is 2. The van der Waals surface area contributed by atoms with E-state index in [4.69, 9.17) is 11.6 Å². The number of hydrogen-bond acceptors (Lipinski definition) is 4. The maximum Gasteiger partial charge on any atom is 0.280 e. The fourth-order valence-electron chi connectivity index (χ4n) is 2.20. The van der Waals surface area contributed by atoms with Crippen molar-refractivity contribution in [1.82, 2.24) is 14.5 Å². The monoisotopic (exact) mass is 346 g/mol. The Kier molecular flexibility index (Phi) is 5.41. The lowest BCUT2D eigenvalue weighted by Crippen LogP contribution is -2.28. The number of benzene rings is 1. The average Bonchev–Trinajstić information content (AvgIpc) is 2.88. The topological polar surface area (TPSA) is 58.4 Å². The highest BCUT2D eigenvalue weighted by molar-refractivity contribution is 6.30. The molecule has 2 rings (SSSR count). The van der Waals surface area contributed by atoms with Crippen LogP contribution in [0.5, 0.6) is 0 Å². The molecule has 0 unspecified atom stereocenters. The lowest BCUT2D eigenvalue weighted by atomic mass is 10.2. The van der Waals surface area contributed by atoms with Gasteiger partial charge in [-0.25, -0.2) is 4.98 Å². The SMILES string of the molecule is CN(C=O)C(=O)c1c(N(C)C)nc(/C=C/c2cccc(Cl)c2)n1C. The predicted molar refractivity (Wildman–Crippen MR) is 96.1 cm³/mol. The van der Waals surface area contributed by atoms with Crippen molar-refractivity contribution in [2.75, 3.05) is 26.0 Å². The molecule has 24 heavy (non-hydrogen) atoms. The Morgan fingerprint density at radius 3 is 2.54 bits per heavy atom. The molecule has 0 saturated heterocycles. The fraction of sp³-hybridized carbons (Fsp3) is 0.235. The van der Waals surface area contributed by atoms with Gasteiger partial charge in [-0.2, -0.15) is 0 Å². The molecule has 0 fully saturated rings. The summed E-state index contributed by atoms with van der Waals surface area (Å²) in [6, 6.07) is 7.42. The third kappa shape index (κ3) is 3.65. The molecule has 0 aliphatic rings. The lowest BCUT2D eigenvalue weighted by molar-refractivity contribution is -0.115. The molecular formula is C17H19ClN4O2. The van der Waals surface area contributed by atoms with Gasteiger partial charge in [0.25, 0.3) is 5.91 Å². The standard InChI is InChI=1S/C17H19ClN4O2/c1-20(2)16-15(17(24)21(3)11-23)22(4)14(19-16)9-8-12-6-5-7-13(18)10-12/h5-11H,1-4H3/b9-8+. The molecule has 0 aliphatic heterocycles. The summed E-state index contributed by atoms with van der Waals surface area (Å²) in [4.78, 5) is 30.5. The molecule has 1 aromatic heterocycles. The number of nitrogens with zero attached hydrogens (tertiary/aromatic N) is 4. The fourth-order valence-corrected chi connectivity index (χ4v) is 2.40. The van der Waals surface area contributed by atoms with Crippen LogP contribution in [0.1, 0.15) is 21.9 Å². The largest absolute Gasteiger partial charge is 0.361 e. The first-order chi connectivity index (χ1) is 11.3. The van der Waals surface area contributed by atoms with Crippen molar-refractivity contribution in [3.63, 3.8) is 0 Å². The van der Waals surface area contributed by atoms with E-state index in [-0.39, 0.29) is 0 Å². The van der Waals surface area contributed by atoms with Crippen LogP contribution in [0.4, 0.5) is 5.82 Å². The normalized spacial score (nSPS) is 10.9. The summed E-state index contributed by atoms with van der Waals surface area (Å²) in [5.41, 5.74) is 1.27. The van der Waals surface area contributed by atoms with Gasteiger partial charge in [-0.05, 0) is 23.8 Å². The Balaban J connectivity index is 2.45. The number of amides is 2. The summed E-state index contributed by atoms with van der Waals surface area (Å²) in [7, 11) is 6.75. The number of aromatic nitrogens is 2. The van der Waals surface area contributed by atoms with E-state index in [1.807, 2.05) is 24.3 Å². The van der Waals surface area contributed by atoms with Crippen LogP contribution in [0.15, 0.2) is 24.3 Å². The molecule has 2 amide bonds. The van der Waals surface area contributed by atoms with Crippen LogP contribution < -0.4 is 4.90 Å². The zero-order chi connectivity index (χ0) is 17.9. The van der Waals surface area contributed by atoms with Crippen LogP contribution in [0.3, 0.4) is 0 Å². The smallest absolute Gasteiger partial charge is 0.280 e. The van der Waals surface area contributed by atoms with Gasteiger partial charge in [0.15, 0.2) is 11.5 Å². The summed E-state index contributed by atoms with van der Waals surface area (Å²) in [5.74, 6) is 0.689. The van der Waals surface area contributed by atoms with E-state index in [1.165, 1.54) is 7.05 Å². The van der Waals surface area contributed by atoms with Gasteiger partial charge in [0.2, 0.25) is 6.41 Å². The number of carbonyl (C=O) groups excluding carboxylic acids is 2. The van der Waals surface area contributed by atoms with Crippen LogP contribution in [0.2, 0.25) is 5.02 Å². The minimum atomic E-state index is -0.411. The van der Waals surface area contributed by atoms with Gasteiger partial charge in [-0.3, -0.25) is 14.5 Å². The molecule has 0 bridgehead atoms. The molecular weight excluding hydrogens is 328 g/mol. The van der Waals surface area contributed by atoms with Gasteiger partial charge in [-0.1, -0.05) is 29.8 Å². The van der Waals surface area contributed by atoms with Crippen molar-refractivity contribution in [3.05, 3.63) is 46.4 Å². The molecule has 0 atom stereocenters. The Morgan fingerprint density at radius 1 is 1.25 bits per heavy atom. The molecule has 0 aliphatic carbocycles. The molecule has 0 saturated carbocycles. The van der Waals surface area contributed by atoms with E-state index in [9.17, 15) is 9.59 Å². The summed E-state index contributed by atoms with van der Waals surface area (Å²) in [6.45, 7) is 0. The summed E-state index contributed by atoms with van der Waals surface area (Å²) >= 11 is 5.98. The average molecular weight is 347 g/mol.